The van der Waals surface area contributed by atoms with Crippen molar-refractivity contribution in [1.82, 2.24) is 15.8 Å². The first-order valence-electron chi connectivity index (χ1n) is 9.77. The number of esters is 2. The maximum Gasteiger partial charge on any atom is 0.325 e. The number of nitrogens with one attached hydrogen (secondary N) is 2. The van der Waals surface area contributed by atoms with E-state index in [0.29, 0.717) is 19.4 Å². The van der Waals surface area contributed by atoms with Crippen LogP contribution in [0.25, 0.3) is 0 Å². The molecule has 0 aromatic heterocycles. The Labute approximate surface area is 196 Å². The Morgan fingerprint density at radius 1 is 1.26 bits per heavy atom. The number of amides is 2. The largest absolute Gasteiger partial charge is 0.460 e. The molecule has 0 unspecified atom stereocenters. The van der Waals surface area contributed by atoms with Gasteiger partial charge in [0.15, 0.2) is 6.10 Å². The van der Waals surface area contributed by atoms with Crippen molar-refractivity contribution in [1.29, 1.82) is 0 Å². The zero-order chi connectivity index (χ0) is 23.8. The Balaban J connectivity index is 2.67. The van der Waals surface area contributed by atoms with Gasteiger partial charge in [-0.15, -0.1) is 6.58 Å². The number of halogens is 3. The summed E-state index contributed by atoms with van der Waals surface area (Å²) in [7, 11) is 0. The van der Waals surface area contributed by atoms with E-state index in [1.807, 2.05) is 0 Å². The molecule has 1 heterocycles. The monoisotopic (exact) mass is 499 g/mol. The average molecular weight is 501 g/mol. The van der Waals surface area contributed by atoms with E-state index in [4.69, 9.17) is 44.3 Å². The van der Waals surface area contributed by atoms with Crippen LogP contribution < -0.4 is 10.7 Å². The summed E-state index contributed by atoms with van der Waals surface area (Å²) in [4.78, 5) is 49.2. The van der Waals surface area contributed by atoms with E-state index in [1.54, 1.807) is 13.8 Å². The molecule has 31 heavy (non-hydrogen) atoms. The van der Waals surface area contributed by atoms with E-state index in [-0.39, 0.29) is 12.3 Å². The molecule has 2 amide bonds. The predicted octanol–water partition coefficient (Wildman–Crippen LogP) is 2.04. The van der Waals surface area contributed by atoms with Gasteiger partial charge in [0.1, 0.15) is 18.7 Å². The second-order valence-electron chi connectivity index (χ2n) is 7.41. The van der Waals surface area contributed by atoms with Crippen LogP contribution in [0.2, 0.25) is 0 Å². The summed E-state index contributed by atoms with van der Waals surface area (Å²) in [5.41, 5.74) is 2.78. The zero-order valence-corrected chi connectivity index (χ0v) is 19.9. The summed E-state index contributed by atoms with van der Waals surface area (Å²) < 4.78 is 8.40. The van der Waals surface area contributed by atoms with Gasteiger partial charge < -0.3 is 14.8 Å². The number of alkyl halides is 3. The van der Waals surface area contributed by atoms with E-state index in [0.717, 1.165) is 0 Å². The Morgan fingerprint density at radius 2 is 1.90 bits per heavy atom. The smallest absolute Gasteiger partial charge is 0.325 e. The van der Waals surface area contributed by atoms with E-state index in [1.165, 1.54) is 18.0 Å². The number of nitrogens with zero attached hydrogens (tertiary/aromatic N) is 1. The molecular formula is C19H28Cl3N3O6. The SMILES string of the molecule is C=CCC(=O)O[C@H](C(=O)N[C@@H](C)C(=O)N1CCC[C@@H](C(=O)OCC(Cl)(Cl)Cl)N1)C(C)C. The lowest BCUT2D eigenvalue weighted by Gasteiger charge is -2.34. The highest BCUT2D eigenvalue weighted by Gasteiger charge is 2.34. The molecule has 0 bridgehead atoms. The van der Waals surface area contributed by atoms with Crippen LogP contribution in [0.4, 0.5) is 0 Å². The maximum atomic E-state index is 12.7. The zero-order valence-electron chi connectivity index (χ0n) is 17.7. The van der Waals surface area contributed by atoms with Crippen LogP contribution >= 0.6 is 34.8 Å². The van der Waals surface area contributed by atoms with Crippen molar-refractivity contribution >= 4 is 58.6 Å². The Bertz CT molecular complexity index is 683. The van der Waals surface area contributed by atoms with Gasteiger partial charge in [-0.1, -0.05) is 54.7 Å². The van der Waals surface area contributed by atoms with Crippen LogP contribution in [0, 0.1) is 5.92 Å². The van der Waals surface area contributed by atoms with Crippen LogP contribution in [0.3, 0.4) is 0 Å². The second kappa shape index (κ2) is 12.5. The highest BCUT2D eigenvalue weighted by atomic mass is 35.6. The highest BCUT2D eigenvalue weighted by molar-refractivity contribution is 6.67. The molecular weight excluding hydrogens is 473 g/mol. The quantitative estimate of drug-likeness (QED) is 0.283. The second-order valence-corrected chi connectivity index (χ2v) is 9.93. The normalized spacial score (nSPS) is 18.7. The van der Waals surface area contributed by atoms with Crippen LogP contribution in [0.1, 0.15) is 40.0 Å². The summed E-state index contributed by atoms with van der Waals surface area (Å²) in [5, 5.41) is 3.79. The molecule has 1 rings (SSSR count). The van der Waals surface area contributed by atoms with E-state index in [2.05, 4.69) is 17.3 Å². The first kappa shape index (κ1) is 27.5. The Kier molecular flexibility index (Phi) is 11.1. The minimum atomic E-state index is -1.74. The molecule has 0 spiro atoms. The van der Waals surface area contributed by atoms with Gasteiger partial charge in [0.05, 0.1) is 6.42 Å². The summed E-state index contributed by atoms with van der Waals surface area (Å²) in [6.07, 6.45) is 1.25. The van der Waals surface area contributed by atoms with Crippen molar-refractivity contribution in [3.8, 4) is 0 Å². The molecule has 0 aromatic rings. The average Bonchev–Trinajstić information content (AvgIpc) is 2.69. The minimum Gasteiger partial charge on any atom is -0.460 e. The van der Waals surface area contributed by atoms with Crippen molar-refractivity contribution < 1.29 is 28.7 Å². The van der Waals surface area contributed by atoms with Gasteiger partial charge >= 0.3 is 11.9 Å². The molecule has 0 saturated carbocycles. The Hall–Kier alpha value is -1.55. The number of hydrogen-bond acceptors (Lipinski definition) is 7. The number of hydrazine groups is 1. The summed E-state index contributed by atoms with van der Waals surface area (Å²) in [6, 6.07) is -1.73. The van der Waals surface area contributed by atoms with Gasteiger partial charge in [0.2, 0.25) is 3.79 Å². The number of carbonyl (C=O) groups excluding carboxylic acids is 4. The summed E-state index contributed by atoms with van der Waals surface area (Å²) >= 11 is 16.7. The molecule has 176 valence electrons. The van der Waals surface area contributed by atoms with Gasteiger partial charge in [-0.2, -0.15) is 0 Å². The lowest BCUT2D eigenvalue weighted by Crippen LogP contribution is -2.60. The van der Waals surface area contributed by atoms with Crippen molar-refractivity contribution in [2.75, 3.05) is 13.2 Å². The fraction of sp³-hybridized carbons (Fsp3) is 0.684. The van der Waals surface area contributed by atoms with E-state index >= 15 is 0 Å². The van der Waals surface area contributed by atoms with Crippen LogP contribution in [0.15, 0.2) is 12.7 Å². The van der Waals surface area contributed by atoms with Gasteiger partial charge in [-0.3, -0.25) is 24.2 Å². The number of carbonyl (C=O) groups is 4. The number of hydrogen-bond donors (Lipinski definition) is 2. The molecule has 0 radical (unpaired) electrons. The first-order chi connectivity index (χ1) is 14.4. The molecule has 0 aliphatic carbocycles. The number of ether oxygens (including phenoxy) is 2. The summed E-state index contributed by atoms with van der Waals surface area (Å²) in [5.74, 6) is -2.61. The lowest BCUT2D eigenvalue weighted by atomic mass is 10.1. The lowest BCUT2D eigenvalue weighted by molar-refractivity contribution is -0.158. The van der Waals surface area contributed by atoms with Crippen molar-refractivity contribution in [2.24, 2.45) is 5.92 Å². The van der Waals surface area contributed by atoms with Crippen LogP contribution in [0.5, 0.6) is 0 Å². The first-order valence-corrected chi connectivity index (χ1v) is 10.9. The van der Waals surface area contributed by atoms with Crippen LogP contribution in [-0.4, -0.2) is 63.9 Å². The van der Waals surface area contributed by atoms with Crippen LogP contribution in [-0.2, 0) is 28.7 Å². The fourth-order valence-electron chi connectivity index (χ4n) is 2.76. The van der Waals surface area contributed by atoms with Gasteiger partial charge in [0, 0.05) is 6.54 Å². The fourth-order valence-corrected chi connectivity index (χ4v) is 2.92. The molecule has 12 heteroatoms. The molecule has 0 aromatic carbocycles. The molecule has 2 N–H and O–H groups in total. The van der Waals surface area contributed by atoms with Crippen molar-refractivity contribution in [3.63, 3.8) is 0 Å². The molecule has 1 aliphatic heterocycles. The van der Waals surface area contributed by atoms with E-state index < -0.39 is 52.3 Å². The molecule has 1 saturated heterocycles. The topological polar surface area (TPSA) is 114 Å². The standard InChI is InChI=1S/C19H28Cl3N3O6/c1-5-7-14(26)31-15(11(2)3)16(27)23-12(4)17(28)25-9-6-8-13(24-25)18(29)30-10-19(20,21)22/h5,11-13,15,24H,1,6-10H2,2-4H3,(H,23,27)/t12-,13-,15-/m0/s1. The van der Waals surface area contributed by atoms with E-state index in [9.17, 15) is 19.2 Å². The maximum absolute atomic E-state index is 12.7. The third-order valence-electron chi connectivity index (χ3n) is 4.28. The predicted molar refractivity (Wildman–Crippen MR) is 116 cm³/mol. The van der Waals surface area contributed by atoms with Crippen molar-refractivity contribution in [3.05, 3.63) is 12.7 Å². The van der Waals surface area contributed by atoms with Gasteiger partial charge in [-0.25, -0.2) is 5.43 Å². The third kappa shape index (κ3) is 9.64. The van der Waals surface area contributed by atoms with Gasteiger partial charge in [-0.05, 0) is 25.7 Å². The molecule has 9 nitrogen and oxygen atoms in total. The highest BCUT2D eigenvalue weighted by Crippen LogP contribution is 2.26. The molecule has 1 fully saturated rings. The third-order valence-corrected chi connectivity index (χ3v) is 4.60. The minimum absolute atomic E-state index is 0.0293. The Morgan fingerprint density at radius 3 is 2.45 bits per heavy atom. The van der Waals surface area contributed by atoms with Gasteiger partial charge in [0.25, 0.3) is 11.8 Å². The number of rotatable bonds is 9. The molecule has 1 aliphatic rings. The van der Waals surface area contributed by atoms with Crippen molar-refractivity contribution in [2.45, 2.75) is 62.0 Å². The molecule has 3 atom stereocenters. The summed E-state index contributed by atoms with van der Waals surface area (Å²) in [6.45, 7) is 8.30.